The number of methoxy groups -OCH3 is 1. The molecule has 2 rings (SSSR count). The van der Waals surface area contributed by atoms with E-state index in [0.717, 1.165) is 0 Å². The van der Waals surface area contributed by atoms with E-state index >= 15 is 0 Å². The van der Waals surface area contributed by atoms with E-state index in [4.69, 9.17) is 39.5 Å². The van der Waals surface area contributed by atoms with Crippen LogP contribution in [0.3, 0.4) is 0 Å². The van der Waals surface area contributed by atoms with Gasteiger partial charge in [-0.1, -0.05) is 40.9 Å². The van der Waals surface area contributed by atoms with Crippen LogP contribution >= 0.6 is 34.8 Å². The zero-order chi connectivity index (χ0) is 15.6. The van der Waals surface area contributed by atoms with E-state index in [0.29, 0.717) is 32.1 Å². The van der Waals surface area contributed by atoms with Crippen LogP contribution in [0.25, 0.3) is 0 Å². The van der Waals surface area contributed by atoms with E-state index in [1.165, 1.54) is 13.2 Å². The minimum Gasteiger partial charge on any atom is -0.497 e. The molecule has 2 aromatic carbocycles. The van der Waals surface area contributed by atoms with Crippen LogP contribution in [0.5, 0.6) is 5.75 Å². The average molecular weight is 349 g/mol. The molecular weight excluding hydrogens is 336 g/mol. The van der Waals surface area contributed by atoms with Gasteiger partial charge in [0.05, 0.1) is 33.9 Å². The van der Waals surface area contributed by atoms with Crippen molar-refractivity contribution in [2.75, 3.05) is 12.4 Å². The van der Waals surface area contributed by atoms with E-state index in [2.05, 4.69) is 5.32 Å². The summed E-state index contributed by atoms with van der Waals surface area (Å²) in [5, 5.41) is 4.29. The Balaban J connectivity index is 2.26. The molecule has 2 nitrogen and oxygen atoms in total. The molecule has 0 saturated carbocycles. The number of nitrogens with one attached hydrogen (secondary N) is 1. The van der Waals surface area contributed by atoms with E-state index in [1.54, 1.807) is 24.3 Å². The van der Waals surface area contributed by atoms with Crippen LogP contribution in [0, 0.1) is 5.82 Å². The largest absolute Gasteiger partial charge is 0.497 e. The molecule has 1 N–H and O–H groups in total. The molecule has 1 unspecified atom stereocenters. The van der Waals surface area contributed by atoms with Crippen molar-refractivity contribution in [1.29, 1.82) is 0 Å². The molecule has 0 radical (unpaired) electrons. The molecular formula is C15H13Cl3FNO. The van der Waals surface area contributed by atoms with Crippen molar-refractivity contribution in [3.8, 4) is 5.75 Å². The molecule has 0 saturated heterocycles. The highest BCUT2D eigenvalue weighted by Gasteiger charge is 2.14. The number of benzene rings is 2. The third-order valence-electron chi connectivity index (χ3n) is 3.06. The molecule has 0 amide bonds. The van der Waals surface area contributed by atoms with Crippen LogP contribution < -0.4 is 10.1 Å². The second kappa shape index (κ2) is 6.73. The zero-order valence-electron chi connectivity index (χ0n) is 11.4. The third-order valence-corrected chi connectivity index (χ3v) is 4.09. The molecule has 6 heteroatoms. The van der Waals surface area contributed by atoms with Crippen molar-refractivity contribution in [2.45, 2.75) is 13.0 Å². The summed E-state index contributed by atoms with van der Waals surface area (Å²) in [6.45, 7) is 1.82. The van der Waals surface area contributed by atoms with Gasteiger partial charge in [-0.2, -0.15) is 0 Å². The standard InChI is InChI=1S/C15H13Cl3FNO/c1-8(10-4-3-9(21-2)5-14(10)19)20-15-7-12(17)11(16)6-13(15)18/h3-8,20H,1-2H3. The highest BCUT2D eigenvalue weighted by molar-refractivity contribution is 6.44. The first-order chi connectivity index (χ1) is 9.92. The quantitative estimate of drug-likeness (QED) is 0.687. The Kier molecular flexibility index (Phi) is 5.20. The Labute approximate surface area is 137 Å². The van der Waals surface area contributed by atoms with E-state index in [9.17, 15) is 4.39 Å². The van der Waals surface area contributed by atoms with Gasteiger partial charge in [0.25, 0.3) is 0 Å². The SMILES string of the molecule is COc1ccc(C(C)Nc2cc(Cl)c(Cl)cc2Cl)c(F)c1. The smallest absolute Gasteiger partial charge is 0.132 e. The first-order valence-electron chi connectivity index (χ1n) is 6.17. The predicted molar refractivity (Wildman–Crippen MR) is 86.5 cm³/mol. The third kappa shape index (κ3) is 3.73. The van der Waals surface area contributed by atoms with Gasteiger partial charge in [0.15, 0.2) is 0 Å². The summed E-state index contributed by atoms with van der Waals surface area (Å²) < 4.78 is 19.0. The number of ether oxygens (including phenoxy) is 1. The fourth-order valence-electron chi connectivity index (χ4n) is 1.93. The fraction of sp³-hybridized carbons (Fsp3) is 0.200. The maximum atomic E-state index is 14.0. The molecule has 21 heavy (non-hydrogen) atoms. The van der Waals surface area contributed by atoms with Gasteiger partial charge in [-0.15, -0.1) is 0 Å². The van der Waals surface area contributed by atoms with E-state index in [1.807, 2.05) is 6.92 Å². The topological polar surface area (TPSA) is 21.3 Å². The van der Waals surface area contributed by atoms with Crippen molar-refractivity contribution in [2.24, 2.45) is 0 Å². The summed E-state index contributed by atoms with van der Waals surface area (Å²) in [5.74, 6) is 0.113. The molecule has 0 aliphatic heterocycles. The first-order valence-corrected chi connectivity index (χ1v) is 7.30. The summed E-state index contributed by atoms with van der Waals surface area (Å²) >= 11 is 17.9. The van der Waals surface area contributed by atoms with Crippen molar-refractivity contribution < 1.29 is 9.13 Å². The molecule has 0 aliphatic carbocycles. The van der Waals surface area contributed by atoms with Crippen LogP contribution in [-0.4, -0.2) is 7.11 Å². The summed E-state index contributed by atoms with van der Waals surface area (Å²) in [5.41, 5.74) is 1.09. The summed E-state index contributed by atoms with van der Waals surface area (Å²) in [6, 6.07) is 7.56. The van der Waals surface area contributed by atoms with Crippen LogP contribution in [0.1, 0.15) is 18.5 Å². The summed E-state index contributed by atoms with van der Waals surface area (Å²) in [7, 11) is 1.49. The Morgan fingerprint density at radius 1 is 1.05 bits per heavy atom. The zero-order valence-corrected chi connectivity index (χ0v) is 13.7. The van der Waals surface area contributed by atoms with Crippen LogP contribution in [0.4, 0.5) is 10.1 Å². The second-order valence-electron chi connectivity index (χ2n) is 4.50. The maximum Gasteiger partial charge on any atom is 0.132 e. The van der Waals surface area contributed by atoms with Crippen molar-refractivity contribution in [3.63, 3.8) is 0 Å². The van der Waals surface area contributed by atoms with Crippen LogP contribution in [-0.2, 0) is 0 Å². The van der Waals surface area contributed by atoms with Gasteiger partial charge in [0.1, 0.15) is 11.6 Å². The summed E-state index contributed by atoms with van der Waals surface area (Å²) in [6.07, 6.45) is 0. The Morgan fingerprint density at radius 2 is 1.71 bits per heavy atom. The van der Waals surface area contributed by atoms with Gasteiger partial charge >= 0.3 is 0 Å². The van der Waals surface area contributed by atoms with Gasteiger partial charge in [0.2, 0.25) is 0 Å². The number of anilines is 1. The monoisotopic (exact) mass is 347 g/mol. The average Bonchev–Trinajstić information content (AvgIpc) is 2.44. The fourth-order valence-corrected chi connectivity index (χ4v) is 2.53. The Bertz CT molecular complexity index is 664. The minimum atomic E-state index is -0.356. The molecule has 2 aromatic rings. The lowest BCUT2D eigenvalue weighted by Gasteiger charge is -2.18. The molecule has 1 atom stereocenters. The molecule has 0 fully saturated rings. The first kappa shape index (κ1) is 16.2. The van der Waals surface area contributed by atoms with Crippen LogP contribution in [0.15, 0.2) is 30.3 Å². The lowest BCUT2D eigenvalue weighted by Crippen LogP contribution is -2.09. The van der Waals surface area contributed by atoms with Gasteiger partial charge < -0.3 is 10.1 Å². The van der Waals surface area contributed by atoms with Crippen molar-refractivity contribution in [1.82, 2.24) is 0 Å². The number of rotatable bonds is 4. The number of hydrogen-bond donors (Lipinski definition) is 1. The van der Waals surface area contributed by atoms with Crippen molar-refractivity contribution in [3.05, 3.63) is 56.8 Å². The van der Waals surface area contributed by atoms with Crippen LogP contribution in [0.2, 0.25) is 15.1 Å². The molecule has 0 heterocycles. The lowest BCUT2D eigenvalue weighted by molar-refractivity contribution is 0.410. The Morgan fingerprint density at radius 3 is 2.33 bits per heavy atom. The number of halogens is 4. The van der Waals surface area contributed by atoms with Gasteiger partial charge in [-0.05, 0) is 25.1 Å². The van der Waals surface area contributed by atoms with Gasteiger partial charge in [-0.3, -0.25) is 0 Å². The lowest BCUT2D eigenvalue weighted by atomic mass is 10.1. The second-order valence-corrected chi connectivity index (χ2v) is 5.72. The highest BCUT2D eigenvalue weighted by atomic mass is 35.5. The Hall–Kier alpha value is -1.16. The van der Waals surface area contributed by atoms with E-state index in [-0.39, 0.29) is 11.9 Å². The molecule has 0 spiro atoms. The van der Waals surface area contributed by atoms with Gasteiger partial charge in [-0.25, -0.2) is 4.39 Å². The minimum absolute atomic E-state index is 0.300. The summed E-state index contributed by atoms with van der Waals surface area (Å²) in [4.78, 5) is 0. The maximum absolute atomic E-state index is 14.0. The molecule has 0 bridgehead atoms. The predicted octanol–water partition coefficient (Wildman–Crippen LogP) is 5.97. The van der Waals surface area contributed by atoms with Crippen molar-refractivity contribution >= 4 is 40.5 Å². The molecule has 0 aliphatic rings. The van der Waals surface area contributed by atoms with E-state index < -0.39 is 0 Å². The number of hydrogen-bond acceptors (Lipinski definition) is 2. The molecule has 112 valence electrons. The highest BCUT2D eigenvalue weighted by Crippen LogP contribution is 2.34. The molecule has 0 aromatic heterocycles. The van der Waals surface area contributed by atoms with Gasteiger partial charge in [0, 0.05) is 11.6 Å². The normalized spacial score (nSPS) is 12.1.